The van der Waals surface area contributed by atoms with Crippen molar-refractivity contribution in [1.29, 1.82) is 5.26 Å². The third-order valence-electron chi connectivity index (χ3n) is 2.34. The number of hydrogen-bond acceptors (Lipinski definition) is 3. The molecular formula is C13H7F3N2O. The van der Waals surface area contributed by atoms with Crippen LogP contribution in [0.2, 0.25) is 0 Å². The van der Waals surface area contributed by atoms with Gasteiger partial charge in [-0.15, -0.1) is 13.2 Å². The van der Waals surface area contributed by atoms with Crippen LogP contribution in [0.1, 0.15) is 5.56 Å². The Morgan fingerprint density at radius 1 is 1.05 bits per heavy atom. The molecule has 0 unspecified atom stereocenters. The van der Waals surface area contributed by atoms with Crippen molar-refractivity contribution in [3.05, 3.63) is 48.3 Å². The van der Waals surface area contributed by atoms with Crippen LogP contribution in [0.3, 0.4) is 0 Å². The van der Waals surface area contributed by atoms with Gasteiger partial charge in [0.05, 0.1) is 5.56 Å². The standard InChI is InChI=1S/C13H7F3N2O/c14-13(15,16)19-12-7-10(1-2-11(12)8-17)9-3-5-18-6-4-9/h1-7H. The average molecular weight is 264 g/mol. The van der Waals surface area contributed by atoms with Gasteiger partial charge in [-0.2, -0.15) is 5.26 Å². The number of nitrogens with zero attached hydrogens (tertiary/aromatic N) is 2. The lowest BCUT2D eigenvalue weighted by Gasteiger charge is -2.11. The van der Waals surface area contributed by atoms with E-state index in [0.717, 1.165) is 0 Å². The van der Waals surface area contributed by atoms with Crippen molar-refractivity contribution in [2.45, 2.75) is 6.36 Å². The molecular weight excluding hydrogens is 257 g/mol. The fourth-order valence-electron chi connectivity index (χ4n) is 1.55. The molecule has 3 nitrogen and oxygen atoms in total. The molecule has 0 atom stereocenters. The summed E-state index contributed by atoms with van der Waals surface area (Å²) in [7, 11) is 0. The van der Waals surface area contributed by atoms with E-state index in [4.69, 9.17) is 5.26 Å². The third kappa shape index (κ3) is 3.22. The molecule has 0 saturated heterocycles. The molecule has 19 heavy (non-hydrogen) atoms. The highest BCUT2D eigenvalue weighted by molar-refractivity contribution is 5.66. The second-order valence-electron chi connectivity index (χ2n) is 3.61. The first kappa shape index (κ1) is 12.9. The predicted octanol–water partition coefficient (Wildman–Crippen LogP) is 3.52. The fraction of sp³-hybridized carbons (Fsp3) is 0.0769. The van der Waals surface area contributed by atoms with Crippen molar-refractivity contribution in [3.63, 3.8) is 0 Å². The number of benzene rings is 1. The zero-order chi connectivity index (χ0) is 13.9. The fourth-order valence-corrected chi connectivity index (χ4v) is 1.55. The summed E-state index contributed by atoms with van der Waals surface area (Å²) in [6.07, 6.45) is -1.78. The number of nitriles is 1. The Balaban J connectivity index is 2.45. The number of hydrogen-bond donors (Lipinski definition) is 0. The SMILES string of the molecule is N#Cc1ccc(-c2ccncc2)cc1OC(F)(F)F. The van der Waals surface area contributed by atoms with Crippen molar-refractivity contribution in [2.75, 3.05) is 0 Å². The third-order valence-corrected chi connectivity index (χ3v) is 2.34. The van der Waals surface area contributed by atoms with Crippen molar-refractivity contribution in [3.8, 4) is 22.9 Å². The highest BCUT2D eigenvalue weighted by atomic mass is 19.4. The van der Waals surface area contributed by atoms with E-state index in [1.54, 1.807) is 24.3 Å². The minimum atomic E-state index is -4.83. The molecule has 1 aromatic carbocycles. The summed E-state index contributed by atoms with van der Waals surface area (Å²) in [6, 6.07) is 8.99. The first-order valence-corrected chi connectivity index (χ1v) is 5.20. The second-order valence-corrected chi connectivity index (χ2v) is 3.61. The summed E-state index contributed by atoms with van der Waals surface area (Å²) in [5.74, 6) is -0.510. The van der Waals surface area contributed by atoms with Gasteiger partial charge in [0.2, 0.25) is 0 Å². The molecule has 2 rings (SSSR count). The van der Waals surface area contributed by atoms with Gasteiger partial charge in [0.15, 0.2) is 0 Å². The topological polar surface area (TPSA) is 45.9 Å². The molecule has 1 heterocycles. The first-order valence-electron chi connectivity index (χ1n) is 5.20. The normalized spacial score (nSPS) is 10.8. The minimum Gasteiger partial charge on any atom is -0.404 e. The van der Waals surface area contributed by atoms with E-state index >= 15 is 0 Å². The zero-order valence-corrected chi connectivity index (χ0v) is 9.48. The van der Waals surface area contributed by atoms with Crippen molar-refractivity contribution in [2.24, 2.45) is 0 Å². The van der Waals surface area contributed by atoms with Gasteiger partial charge in [0, 0.05) is 12.4 Å². The van der Waals surface area contributed by atoms with E-state index in [9.17, 15) is 13.2 Å². The summed E-state index contributed by atoms with van der Waals surface area (Å²) < 4.78 is 40.6. The lowest BCUT2D eigenvalue weighted by Crippen LogP contribution is -2.17. The number of halogens is 3. The Bertz CT molecular complexity index is 618. The quantitative estimate of drug-likeness (QED) is 0.833. The van der Waals surface area contributed by atoms with Crippen LogP contribution in [-0.2, 0) is 0 Å². The van der Waals surface area contributed by atoms with Crippen molar-refractivity contribution in [1.82, 2.24) is 4.98 Å². The van der Waals surface area contributed by atoms with Crippen LogP contribution in [0, 0.1) is 11.3 Å². The number of aromatic nitrogens is 1. The smallest absolute Gasteiger partial charge is 0.404 e. The molecule has 0 aliphatic rings. The minimum absolute atomic E-state index is 0.171. The maximum Gasteiger partial charge on any atom is 0.573 e. The lowest BCUT2D eigenvalue weighted by atomic mass is 10.0. The largest absolute Gasteiger partial charge is 0.573 e. The molecule has 96 valence electrons. The summed E-state index contributed by atoms with van der Waals surface area (Å²) in [6.45, 7) is 0. The monoisotopic (exact) mass is 264 g/mol. The Morgan fingerprint density at radius 3 is 2.32 bits per heavy atom. The van der Waals surface area contributed by atoms with Crippen molar-refractivity contribution >= 4 is 0 Å². The Kier molecular flexibility index (Phi) is 3.38. The van der Waals surface area contributed by atoms with E-state index in [-0.39, 0.29) is 5.56 Å². The van der Waals surface area contributed by atoms with E-state index in [1.807, 2.05) is 0 Å². The molecule has 0 N–H and O–H groups in total. The summed E-state index contributed by atoms with van der Waals surface area (Å²) >= 11 is 0. The van der Waals surface area contributed by atoms with Gasteiger partial charge < -0.3 is 4.74 Å². The van der Waals surface area contributed by atoms with Gasteiger partial charge >= 0.3 is 6.36 Å². The second kappa shape index (κ2) is 4.98. The predicted molar refractivity (Wildman–Crippen MR) is 61.1 cm³/mol. The molecule has 0 radical (unpaired) electrons. The van der Waals surface area contributed by atoms with Gasteiger partial charge in [0.25, 0.3) is 0 Å². The maximum atomic E-state index is 12.3. The highest BCUT2D eigenvalue weighted by Crippen LogP contribution is 2.30. The van der Waals surface area contributed by atoms with Gasteiger partial charge in [-0.3, -0.25) is 4.98 Å². The molecule has 0 bridgehead atoms. The van der Waals surface area contributed by atoms with Gasteiger partial charge in [-0.25, -0.2) is 0 Å². The maximum absolute atomic E-state index is 12.3. The lowest BCUT2D eigenvalue weighted by molar-refractivity contribution is -0.274. The Labute approximate surface area is 106 Å². The molecule has 2 aromatic rings. The number of rotatable bonds is 2. The Morgan fingerprint density at radius 2 is 1.74 bits per heavy atom. The molecule has 0 saturated carbocycles. The summed E-state index contributed by atoms with van der Waals surface area (Å²) in [4.78, 5) is 3.82. The first-order chi connectivity index (χ1) is 8.99. The van der Waals surface area contributed by atoms with Crippen LogP contribution in [0.15, 0.2) is 42.7 Å². The van der Waals surface area contributed by atoms with Gasteiger partial charge in [0.1, 0.15) is 11.8 Å². The van der Waals surface area contributed by atoms with Crippen LogP contribution >= 0.6 is 0 Å². The molecule has 0 aliphatic carbocycles. The van der Waals surface area contributed by atoms with Crippen LogP contribution in [0.4, 0.5) is 13.2 Å². The molecule has 0 amide bonds. The molecule has 0 spiro atoms. The molecule has 6 heteroatoms. The summed E-state index contributed by atoms with van der Waals surface area (Å²) in [5.41, 5.74) is 1.03. The van der Waals surface area contributed by atoms with Crippen LogP contribution in [0.5, 0.6) is 5.75 Å². The van der Waals surface area contributed by atoms with Crippen LogP contribution < -0.4 is 4.74 Å². The number of pyridine rings is 1. The average Bonchev–Trinajstić information content (AvgIpc) is 2.38. The van der Waals surface area contributed by atoms with E-state index in [2.05, 4.69) is 9.72 Å². The van der Waals surface area contributed by atoms with Crippen LogP contribution in [0.25, 0.3) is 11.1 Å². The number of alkyl halides is 3. The Hall–Kier alpha value is -2.55. The zero-order valence-electron chi connectivity index (χ0n) is 9.48. The van der Waals surface area contributed by atoms with Crippen LogP contribution in [-0.4, -0.2) is 11.3 Å². The van der Waals surface area contributed by atoms with E-state index in [0.29, 0.717) is 11.1 Å². The number of ether oxygens (including phenoxy) is 1. The van der Waals surface area contributed by atoms with Gasteiger partial charge in [-0.1, -0.05) is 6.07 Å². The molecule has 0 fully saturated rings. The molecule has 0 aliphatic heterocycles. The highest BCUT2D eigenvalue weighted by Gasteiger charge is 2.32. The van der Waals surface area contributed by atoms with E-state index < -0.39 is 12.1 Å². The van der Waals surface area contributed by atoms with Crippen molar-refractivity contribution < 1.29 is 17.9 Å². The summed E-state index contributed by atoms with van der Waals surface area (Å²) in [5, 5.41) is 8.77. The van der Waals surface area contributed by atoms with E-state index in [1.165, 1.54) is 24.5 Å². The molecule has 1 aromatic heterocycles. The van der Waals surface area contributed by atoms with Gasteiger partial charge in [-0.05, 0) is 35.4 Å².